The predicted octanol–water partition coefficient (Wildman–Crippen LogP) is 8.11. The first-order chi connectivity index (χ1) is 26.9. The molecule has 5 heterocycles. The summed E-state index contributed by atoms with van der Waals surface area (Å²) in [5.41, 5.74) is -0.145. The van der Waals surface area contributed by atoms with Crippen LogP contribution in [0.4, 0.5) is 23.2 Å². The number of ether oxygens (including phenoxy) is 3. The zero-order valence-electron chi connectivity index (χ0n) is 34.9. The Morgan fingerprint density at radius 1 is 0.741 bits per heavy atom. The predicted molar refractivity (Wildman–Crippen MR) is 209 cm³/mol. The maximum atomic E-state index is 16.9. The van der Waals surface area contributed by atoms with Crippen LogP contribution >= 0.6 is 0 Å². The number of nitrogens with zero attached hydrogens (tertiary/aromatic N) is 7. The lowest BCUT2D eigenvalue weighted by Crippen LogP contribution is -2.54. The van der Waals surface area contributed by atoms with Crippen LogP contribution in [0.1, 0.15) is 115 Å². The van der Waals surface area contributed by atoms with Crippen LogP contribution in [0.25, 0.3) is 17.2 Å². The first-order valence-corrected chi connectivity index (χ1v) is 19.4. The molecule has 1 saturated heterocycles. The van der Waals surface area contributed by atoms with E-state index in [-0.39, 0.29) is 36.2 Å². The summed E-state index contributed by atoms with van der Waals surface area (Å²) in [6.07, 6.45) is 2.50. The van der Waals surface area contributed by atoms with Gasteiger partial charge in [0, 0.05) is 36.0 Å². The molecule has 1 fully saturated rings. The first kappa shape index (κ1) is 40.5. The number of hydrazine groups is 1. The Kier molecular flexibility index (Phi) is 9.79. The zero-order valence-corrected chi connectivity index (χ0v) is 34.9. The molecule has 0 unspecified atom stereocenters. The second-order valence-electron chi connectivity index (χ2n) is 18.3. The molecule has 0 saturated carbocycles. The zero-order chi connectivity index (χ0) is 42.4. The molecular weight excluding hydrogens is 752 g/mol. The van der Waals surface area contributed by atoms with Crippen molar-refractivity contribution in [2.75, 3.05) is 0 Å². The molecule has 0 N–H and O–H groups in total. The molecule has 0 spiro atoms. The monoisotopic (exact) mass is 803 g/mol. The number of benzene rings is 2. The van der Waals surface area contributed by atoms with E-state index in [0.717, 1.165) is 14.6 Å². The molecule has 3 aliphatic rings. The summed E-state index contributed by atoms with van der Waals surface area (Å²) < 4.78 is 52.9. The molecule has 3 aliphatic heterocycles. The average molecular weight is 804 g/mol. The van der Waals surface area contributed by atoms with E-state index in [0.29, 0.717) is 58.7 Å². The summed E-state index contributed by atoms with van der Waals surface area (Å²) in [7, 11) is 0. The first-order valence-electron chi connectivity index (χ1n) is 19.4. The molecule has 2 bridgehead atoms. The van der Waals surface area contributed by atoms with Crippen LogP contribution in [0, 0.1) is 25.5 Å². The molecule has 58 heavy (non-hydrogen) atoms. The van der Waals surface area contributed by atoms with Crippen LogP contribution in [0.3, 0.4) is 0 Å². The average Bonchev–Trinajstić information content (AvgIpc) is 3.76. The van der Waals surface area contributed by atoms with E-state index in [1.807, 2.05) is 0 Å². The molecule has 310 valence electrons. The Balaban J connectivity index is 1.34. The van der Waals surface area contributed by atoms with E-state index < -0.39 is 52.6 Å². The fraction of sp³-hybridized carbons (Fsp3) is 0.500. The van der Waals surface area contributed by atoms with Crippen LogP contribution in [-0.2, 0) is 33.7 Å². The molecular formula is C42H51F2N7O7. The lowest BCUT2D eigenvalue weighted by atomic mass is 9.99. The topological polar surface area (TPSA) is 133 Å². The number of hydrogen-bond acceptors (Lipinski definition) is 8. The minimum Gasteiger partial charge on any atom is -0.444 e. The standard InChI is InChI=1S/C42H51F2N7O7/c1-23-18-27(19-24(2)33(23)43)51-35(32-29(45-51)20-26-13-15-30(32)50(26)39(55)58-42(9,10)11)47-17-16-46(36(47)52)31-14-12-25-21-48(37(53)56-40(3,4)5)49(22-28(25)34(31)44)38(54)57-41(6,7)8/h12,14,16-19,26,30H,13,15,20-22H2,1-11H3/t26-,30+/m1/s1. The third kappa shape index (κ3) is 7.44. The van der Waals surface area contributed by atoms with E-state index in [2.05, 4.69) is 0 Å². The number of rotatable bonds is 3. The van der Waals surface area contributed by atoms with Gasteiger partial charge in [-0.05, 0) is 124 Å². The minimum atomic E-state index is -0.923. The van der Waals surface area contributed by atoms with Crippen LogP contribution in [0.2, 0.25) is 0 Å². The molecule has 2 aromatic carbocycles. The van der Waals surface area contributed by atoms with E-state index in [1.165, 1.54) is 23.0 Å². The summed E-state index contributed by atoms with van der Waals surface area (Å²) in [6.45, 7) is 18.3. The number of amides is 3. The highest BCUT2D eigenvalue weighted by Crippen LogP contribution is 2.47. The number of hydrogen-bond donors (Lipinski definition) is 0. The molecule has 2 aromatic heterocycles. The quantitative estimate of drug-likeness (QED) is 0.190. The Labute approximate surface area is 335 Å². The SMILES string of the molecule is Cc1cc(-n2nc3c(c2-n2ccn(-c4ccc5c(c4F)CN(C(=O)OC(C)(C)C)N(C(=O)OC(C)(C)C)C5)c2=O)[C@@H]2CC[C@H](C3)N2C(=O)OC(C)(C)C)cc(C)c1F. The van der Waals surface area contributed by atoms with Gasteiger partial charge < -0.3 is 14.2 Å². The van der Waals surface area contributed by atoms with Gasteiger partial charge in [0.2, 0.25) is 0 Å². The summed E-state index contributed by atoms with van der Waals surface area (Å²) in [5.74, 6) is -0.793. The fourth-order valence-corrected chi connectivity index (χ4v) is 7.91. The van der Waals surface area contributed by atoms with Crippen molar-refractivity contribution in [3.63, 3.8) is 0 Å². The number of carbonyl (C=O) groups is 3. The van der Waals surface area contributed by atoms with Crippen molar-refractivity contribution >= 4 is 18.3 Å². The van der Waals surface area contributed by atoms with Crippen molar-refractivity contribution in [2.24, 2.45) is 0 Å². The lowest BCUT2D eigenvalue weighted by Gasteiger charge is -2.40. The molecule has 16 heteroatoms. The Bertz CT molecular complexity index is 2370. The largest absolute Gasteiger partial charge is 0.444 e. The van der Waals surface area contributed by atoms with Gasteiger partial charge in [0.25, 0.3) is 0 Å². The van der Waals surface area contributed by atoms with E-state index in [9.17, 15) is 23.6 Å². The van der Waals surface area contributed by atoms with Crippen LogP contribution in [-0.4, -0.2) is 75.0 Å². The van der Waals surface area contributed by atoms with Crippen molar-refractivity contribution in [3.8, 4) is 17.2 Å². The van der Waals surface area contributed by atoms with Gasteiger partial charge in [-0.2, -0.15) is 5.10 Å². The van der Waals surface area contributed by atoms with Crippen molar-refractivity contribution in [2.45, 2.75) is 137 Å². The van der Waals surface area contributed by atoms with Crippen molar-refractivity contribution in [1.29, 1.82) is 0 Å². The molecule has 0 radical (unpaired) electrons. The van der Waals surface area contributed by atoms with Crippen molar-refractivity contribution in [3.05, 3.63) is 92.3 Å². The van der Waals surface area contributed by atoms with Gasteiger partial charge in [-0.25, -0.2) is 42.7 Å². The summed E-state index contributed by atoms with van der Waals surface area (Å²) >= 11 is 0. The second-order valence-corrected chi connectivity index (χ2v) is 18.3. The number of carbonyl (C=O) groups excluding carboxylic acids is 3. The normalized spacial score (nSPS) is 17.9. The Morgan fingerprint density at radius 2 is 1.29 bits per heavy atom. The maximum absolute atomic E-state index is 16.9. The summed E-state index contributed by atoms with van der Waals surface area (Å²) in [5, 5.41) is 7.08. The number of imidazole rings is 1. The van der Waals surface area contributed by atoms with Gasteiger partial charge in [0.15, 0.2) is 5.82 Å². The van der Waals surface area contributed by atoms with E-state index >= 15 is 4.39 Å². The Morgan fingerprint density at radius 3 is 1.88 bits per heavy atom. The number of aromatic nitrogens is 4. The van der Waals surface area contributed by atoms with E-state index in [4.69, 9.17) is 19.3 Å². The molecule has 0 aliphatic carbocycles. The van der Waals surface area contributed by atoms with Crippen LogP contribution < -0.4 is 5.69 Å². The molecule has 4 aromatic rings. The van der Waals surface area contributed by atoms with Gasteiger partial charge in [0.05, 0.1) is 36.2 Å². The number of halogens is 2. The van der Waals surface area contributed by atoms with E-state index in [1.54, 1.807) is 104 Å². The molecule has 14 nitrogen and oxygen atoms in total. The van der Waals surface area contributed by atoms with Gasteiger partial charge in [0.1, 0.15) is 28.4 Å². The van der Waals surface area contributed by atoms with Crippen LogP contribution in [0.5, 0.6) is 0 Å². The summed E-state index contributed by atoms with van der Waals surface area (Å²) in [6, 6.07) is 5.71. The summed E-state index contributed by atoms with van der Waals surface area (Å²) in [4.78, 5) is 56.9. The highest BCUT2D eigenvalue weighted by molar-refractivity contribution is 5.76. The van der Waals surface area contributed by atoms with Gasteiger partial charge >= 0.3 is 24.0 Å². The number of aryl methyl sites for hydroxylation is 2. The molecule has 7 rings (SSSR count). The molecule has 3 amide bonds. The van der Waals surface area contributed by atoms with Gasteiger partial charge in [-0.15, -0.1) is 0 Å². The number of fused-ring (bicyclic) bond motifs is 5. The van der Waals surface area contributed by atoms with Gasteiger partial charge in [-0.1, -0.05) is 6.07 Å². The van der Waals surface area contributed by atoms with Gasteiger partial charge in [-0.3, -0.25) is 14.0 Å². The third-order valence-electron chi connectivity index (χ3n) is 10.2. The highest BCUT2D eigenvalue weighted by Gasteiger charge is 2.48. The third-order valence-corrected chi connectivity index (χ3v) is 10.2. The smallest absolute Gasteiger partial charge is 0.429 e. The lowest BCUT2D eigenvalue weighted by molar-refractivity contribution is -0.0756. The Hall–Kier alpha value is -5.67. The highest BCUT2D eigenvalue weighted by atomic mass is 19.1. The maximum Gasteiger partial charge on any atom is 0.429 e. The van der Waals surface area contributed by atoms with Crippen molar-refractivity contribution in [1.82, 2.24) is 33.8 Å². The van der Waals surface area contributed by atoms with Crippen molar-refractivity contribution < 1.29 is 37.4 Å². The fourth-order valence-electron chi connectivity index (χ4n) is 7.91. The minimum absolute atomic E-state index is 0.0903. The molecule has 2 atom stereocenters. The second kappa shape index (κ2) is 14.0. The van der Waals surface area contributed by atoms with Crippen LogP contribution in [0.15, 0.2) is 41.5 Å².